The largest absolute Gasteiger partial charge is 0.421 e. The molecule has 2 aromatic heterocycles. The molecule has 5 nitrogen and oxygen atoms in total. The van der Waals surface area contributed by atoms with Gasteiger partial charge in [-0.3, -0.25) is 0 Å². The van der Waals surface area contributed by atoms with E-state index in [1.807, 2.05) is 16.3 Å². The predicted molar refractivity (Wildman–Crippen MR) is 91.6 cm³/mol. The molecule has 1 atom stereocenters. The van der Waals surface area contributed by atoms with Crippen LogP contribution in [0.3, 0.4) is 0 Å². The minimum Gasteiger partial charge on any atom is -0.376 e. The first-order chi connectivity index (χ1) is 11.8. The van der Waals surface area contributed by atoms with Crippen LogP contribution in [0.2, 0.25) is 0 Å². The number of aliphatic hydroxyl groups is 1. The molecule has 0 spiro atoms. The van der Waals surface area contributed by atoms with Gasteiger partial charge in [-0.1, -0.05) is 6.07 Å². The van der Waals surface area contributed by atoms with E-state index < -0.39 is 11.8 Å². The van der Waals surface area contributed by atoms with Gasteiger partial charge in [-0.25, -0.2) is 14.3 Å². The van der Waals surface area contributed by atoms with Crippen LogP contribution in [-0.4, -0.2) is 51.7 Å². The maximum absolute atomic E-state index is 12.8. The van der Waals surface area contributed by atoms with Gasteiger partial charge in [0.25, 0.3) is 0 Å². The summed E-state index contributed by atoms with van der Waals surface area (Å²) in [6.45, 7) is 3.68. The Labute approximate surface area is 151 Å². The molecule has 1 aliphatic rings. The molecule has 3 heterocycles. The second-order valence-electron chi connectivity index (χ2n) is 5.78. The Kier molecular flexibility index (Phi) is 5.24. The molecule has 10 heteroatoms. The molecule has 0 amide bonds. The predicted octanol–water partition coefficient (Wildman–Crippen LogP) is 3.14. The molecule has 1 unspecified atom stereocenters. The quantitative estimate of drug-likeness (QED) is 0.810. The highest BCUT2D eigenvalue weighted by atomic mass is 32.2. The van der Waals surface area contributed by atoms with Crippen molar-refractivity contribution in [3.63, 3.8) is 0 Å². The smallest absolute Gasteiger partial charge is 0.376 e. The van der Waals surface area contributed by atoms with E-state index in [2.05, 4.69) is 20.3 Å². The van der Waals surface area contributed by atoms with Crippen molar-refractivity contribution in [1.82, 2.24) is 14.3 Å². The lowest BCUT2D eigenvalue weighted by atomic mass is 9.99. The minimum absolute atomic E-state index is 0.365. The Bertz CT molecular complexity index is 684. The van der Waals surface area contributed by atoms with Crippen molar-refractivity contribution in [3.8, 4) is 0 Å². The minimum atomic E-state index is -4.78. The third kappa shape index (κ3) is 4.08. The van der Waals surface area contributed by atoms with E-state index in [1.165, 1.54) is 4.21 Å². The zero-order valence-corrected chi connectivity index (χ0v) is 15.0. The molecule has 136 valence electrons. The molecule has 0 saturated carbocycles. The van der Waals surface area contributed by atoms with Crippen molar-refractivity contribution in [2.45, 2.75) is 22.9 Å². The van der Waals surface area contributed by atoms with Gasteiger partial charge >= 0.3 is 6.18 Å². The molecule has 1 saturated heterocycles. The average molecular weight is 390 g/mol. The number of nitrogens with zero attached hydrogens (tertiary/aromatic N) is 4. The summed E-state index contributed by atoms with van der Waals surface area (Å²) < 4.78 is 42.0. The fraction of sp³-hybridized carbons (Fsp3) is 0.467. The zero-order chi connectivity index (χ0) is 18.1. The van der Waals surface area contributed by atoms with Crippen LogP contribution in [0.5, 0.6) is 0 Å². The Morgan fingerprint density at radius 2 is 1.80 bits per heavy atom. The van der Waals surface area contributed by atoms with E-state index in [4.69, 9.17) is 0 Å². The summed E-state index contributed by atoms with van der Waals surface area (Å²) in [5, 5.41) is 11.7. The highest BCUT2D eigenvalue weighted by Crippen LogP contribution is 2.38. The van der Waals surface area contributed by atoms with Gasteiger partial charge in [-0.05, 0) is 30.3 Å². The normalized spacial score (nSPS) is 19.0. The summed E-state index contributed by atoms with van der Waals surface area (Å²) in [6.07, 6.45) is -2.69. The molecule has 1 fully saturated rings. The molecule has 0 radical (unpaired) electrons. The maximum atomic E-state index is 12.8. The Balaban J connectivity index is 1.60. The number of thiophene rings is 1. The number of hydrogen-bond acceptors (Lipinski definition) is 7. The number of alkyl halides is 3. The van der Waals surface area contributed by atoms with Crippen molar-refractivity contribution in [2.75, 3.05) is 31.1 Å². The van der Waals surface area contributed by atoms with E-state index in [9.17, 15) is 18.3 Å². The number of anilines is 1. The van der Waals surface area contributed by atoms with Crippen molar-refractivity contribution in [2.24, 2.45) is 0 Å². The lowest BCUT2D eigenvalue weighted by Crippen LogP contribution is -2.44. The van der Waals surface area contributed by atoms with Crippen molar-refractivity contribution in [1.29, 1.82) is 0 Å². The third-order valence-corrected chi connectivity index (χ3v) is 6.10. The molecule has 1 N–H and O–H groups in total. The second kappa shape index (κ2) is 7.10. The fourth-order valence-corrected chi connectivity index (χ4v) is 4.16. The van der Waals surface area contributed by atoms with Crippen LogP contribution in [0.1, 0.15) is 12.5 Å². The van der Waals surface area contributed by atoms with Crippen LogP contribution in [-0.2, 0) is 5.60 Å². The molecule has 0 aliphatic carbocycles. The maximum Gasteiger partial charge on any atom is 0.421 e. The first kappa shape index (κ1) is 18.4. The first-order valence-corrected chi connectivity index (χ1v) is 9.25. The van der Waals surface area contributed by atoms with Gasteiger partial charge in [0.15, 0.2) is 5.60 Å². The van der Waals surface area contributed by atoms with Crippen LogP contribution in [0.25, 0.3) is 0 Å². The first-order valence-electron chi connectivity index (χ1n) is 7.60. The van der Waals surface area contributed by atoms with Crippen molar-refractivity contribution >= 4 is 29.2 Å². The molecule has 2 aromatic rings. The number of halogens is 3. The molecule has 1 aliphatic heterocycles. The van der Waals surface area contributed by atoms with E-state index in [1.54, 1.807) is 23.3 Å². The van der Waals surface area contributed by atoms with Gasteiger partial charge in [0.1, 0.15) is 0 Å². The summed E-state index contributed by atoms with van der Waals surface area (Å²) >= 11 is 3.39. The zero-order valence-electron chi connectivity index (χ0n) is 13.4. The SMILES string of the molecule is CC(O)(c1cnc(N2CCN(Sc3cccs3)CC2)nc1)C(F)(F)F. The third-order valence-electron chi connectivity index (χ3n) is 3.99. The van der Waals surface area contributed by atoms with E-state index in [0.717, 1.165) is 25.5 Å². The Morgan fingerprint density at radius 3 is 2.32 bits per heavy atom. The van der Waals surface area contributed by atoms with Gasteiger partial charge in [0.05, 0.1) is 4.21 Å². The Morgan fingerprint density at radius 1 is 1.16 bits per heavy atom. The lowest BCUT2D eigenvalue weighted by molar-refractivity contribution is -0.259. The van der Waals surface area contributed by atoms with Gasteiger partial charge < -0.3 is 10.0 Å². The van der Waals surface area contributed by atoms with Gasteiger partial charge in [-0.2, -0.15) is 13.2 Å². The average Bonchev–Trinajstić information content (AvgIpc) is 3.08. The standard InChI is InChI=1S/C15H17F3N4OS2/c1-14(23,15(16,17)18)11-9-19-13(20-10-11)21-4-6-22(7-5-21)25-12-3-2-8-24-12/h2-3,8-10,23H,4-7H2,1H3. The number of piperazine rings is 1. The van der Waals surface area contributed by atoms with E-state index in [0.29, 0.717) is 26.0 Å². The number of hydrogen-bond donors (Lipinski definition) is 1. The molecule has 0 bridgehead atoms. The topological polar surface area (TPSA) is 52.5 Å². The summed E-state index contributed by atoms with van der Waals surface area (Å²) in [5.41, 5.74) is -3.32. The van der Waals surface area contributed by atoms with E-state index >= 15 is 0 Å². The molecular weight excluding hydrogens is 373 g/mol. The van der Waals surface area contributed by atoms with Crippen LogP contribution in [0.4, 0.5) is 19.1 Å². The van der Waals surface area contributed by atoms with Crippen LogP contribution in [0.15, 0.2) is 34.1 Å². The molecule has 25 heavy (non-hydrogen) atoms. The van der Waals surface area contributed by atoms with Gasteiger partial charge in [0.2, 0.25) is 5.95 Å². The monoisotopic (exact) mass is 390 g/mol. The van der Waals surface area contributed by atoms with E-state index in [-0.39, 0.29) is 5.56 Å². The van der Waals surface area contributed by atoms with Crippen LogP contribution in [0, 0.1) is 0 Å². The number of rotatable bonds is 4. The van der Waals surface area contributed by atoms with Crippen molar-refractivity contribution < 1.29 is 18.3 Å². The lowest BCUT2D eigenvalue weighted by Gasteiger charge is -2.33. The molecule has 0 aromatic carbocycles. The Hall–Kier alpha value is -1.36. The summed E-state index contributed by atoms with van der Waals surface area (Å²) in [4.78, 5) is 9.96. The van der Waals surface area contributed by atoms with Gasteiger partial charge in [0, 0.05) is 44.1 Å². The summed E-state index contributed by atoms with van der Waals surface area (Å²) in [6, 6.07) is 4.07. The highest BCUT2D eigenvalue weighted by Gasteiger charge is 2.51. The van der Waals surface area contributed by atoms with Crippen molar-refractivity contribution in [3.05, 3.63) is 35.5 Å². The molecular formula is C15H17F3N4OS2. The second-order valence-corrected chi connectivity index (χ2v) is 8.13. The number of aromatic nitrogens is 2. The van der Waals surface area contributed by atoms with Gasteiger partial charge in [-0.15, -0.1) is 11.3 Å². The fourth-order valence-electron chi connectivity index (χ4n) is 2.32. The van der Waals surface area contributed by atoms with Crippen LogP contribution >= 0.6 is 23.3 Å². The summed E-state index contributed by atoms with van der Waals surface area (Å²) in [7, 11) is 0. The highest BCUT2D eigenvalue weighted by molar-refractivity contribution is 7.98. The summed E-state index contributed by atoms with van der Waals surface area (Å²) in [5.74, 6) is 0.377. The molecule has 3 rings (SSSR count). The van der Waals surface area contributed by atoms with Crippen LogP contribution < -0.4 is 4.90 Å².